The van der Waals surface area contributed by atoms with Gasteiger partial charge in [0.1, 0.15) is 0 Å². The zero-order valence-electron chi connectivity index (χ0n) is 10.7. The van der Waals surface area contributed by atoms with Gasteiger partial charge in [0, 0.05) is 11.4 Å². The zero-order valence-corrected chi connectivity index (χ0v) is 12.2. The van der Waals surface area contributed by atoms with Gasteiger partial charge in [0.15, 0.2) is 11.5 Å². The Hall–Kier alpha value is -1.07. The molecule has 0 radical (unpaired) electrons. The molecule has 0 aromatic heterocycles. The smallest absolute Gasteiger partial charge is 0.308 e. The van der Waals surface area contributed by atoms with E-state index in [1.54, 1.807) is 6.07 Å². The van der Waals surface area contributed by atoms with E-state index >= 15 is 0 Å². The summed E-state index contributed by atoms with van der Waals surface area (Å²) in [7, 11) is 0. The van der Waals surface area contributed by atoms with Crippen LogP contribution in [0.2, 0.25) is 0 Å². The van der Waals surface area contributed by atoms with Gasteiger partial charge < -0.3 is 15.2 Å². The number of carbonyl (C=O) groups excluding carboxylic acids is 1. The third kappa shape index (κ3) is 4.31. The van der Waals surface area contributed by atoms with Gasteiger partial charge in [0.05, 0.1) is 6.61 Å². The van der Waals surface area contributed by atoms with E-state index in [1.165, 1.54) is 6.92 Å². The quantitative estimate of drug-likeness (QED) is 0.647. The first-order valence-corrected chi connectivity index (χ1v) is 6.71. The molecule has 1 aromatic rings. The Morgan fingerprint density at radius 2 is 2.11 bits per heavy atom. The maximum absolute atomic E-state index is 11.0. The Morgan fingerprint density at radius 1 is 1.39 bits per heavy atom. The predicted octanol–water partition coefficient (Wildman–Crippen LogP) is 2.66. The van der Waals surface area contributed by atoms with Crippen LogP contribution < -0.4 is 15.2 Å². The van der Waals surface area contributed by atoms with Crippen molar-refractivity contribution in [1.82, 2.24) is 0 Å². The minimum atomic E-state index is -0.363. The Balaban J connectivity index is 3.03. The molecule has 5 heteroatoms. The predicted molar refractivity (Wildman–Crippen MR) is 74.0 cm³/mol. The molecule has 0 aliphatic heterocycles. The lowest BCUT2D eigenvalue weighted by atomic mass is 10.1. The average molecular weight is 316 g/mol. The van der Waals surface area contributed by atoms with Crippen LogP contribution in [-0.2, 0) is 11.2 Å². The number of ether oxygens (including phenoxy) is 2. The lowest BCUT2D eigenvalue weighted by molar-refractivity contribution is -0.132. The molecule has 0 spiro atoms. The van der Waals surface area contributed by atoms with Crippen LogP contribution in [0.1, 0.15) is 25.8 Å². The molecule has 0 aliphatic rings. The number of hydrogen-bond acceptors (Lipinski definition) is 4. The van der Waals surface area contributed by atoms with E-state index in [-0.39, 0.29) is 5.97 Å². The highest BCUT2D eigenvalue weighted by molar-refractivity contribution is 9.10. The van der Waals surface area contributed by atoms with Gasteiger partial charge in [-0.1, -0.05) is 15.9 Å². The number of halogens is 1. The molecule has 0 fully saturated rings. The lowest BCUT2D eigenvalue weighted by Gasteiger charge is -2.13. The number of carbonyl (C=O) groups is 1. The van der Waals surface area contributed by atoms with Gasteiger partial charge in [-0.2, -0.15) is 0 Å². The van der Waals surface area contributed by atoms with Gasteiger partial charge in [-0.25, -0.2) is 0 Å². The first kappa shape index (κ1) is 15.0. The van der Waals surface area contributed by atoms with Gasteiger partial charge in [-0.05, 0) is 44.0 Å². The molecule has 0 bridgehead atoms. The summed E-state index contributed by atoms with van der Waals surface area (Å²) in [6, 6.07) is 3.65. The van der Waals surface area contributed by atoms with Crippen LogP contribution in [0.5, 0.6) is 11.5 Å². The summed E-state index contributed by atoms with van der Waals surface area (Å²) in [5, 5.41) is 0. The summed E-state index contributed by atoms with van der Waals surface area (Å²) < 4.78 is 11.5. The van der Waals surface area contributed by atoms with Crippen molar-refractivity contribution in [1.29, 1.82) is 0 Å². The average Bonchev–Trinajstić information content (AvgIpc) is 2.30. The molecule has 0 atom stereocenters. The summed E-state index contributed by atoms with van der Waals surface area (Å²) in [6.45, 7) is 4.42. The van der Waals surface area contributed by atoms with E-state index < -0.39 is 0 Å². The van der Waals surface area contributed by atoms with Crippen LogP contribution in [0.15, 0.2) is 16.6 Å². The fraction of sp³-hybridized carbons (Fsp3) is 0.462. The van der Waals surface area contributed by atoms with Crippen molar-refractivity contribution in [3.63, 3.8) is 0 Å². The van der Waals surface area contributed by atoms with Crippen molar-refractivity contribution in [2.75, 3.05) is 13.2 Å². The van der Waals surface area contributed by atoms with Gasteiger partial charge in [-0.15, -0.1) is 0 Å². The fourth-order valence-electron chi connectivity index (χ4n) is 1.56. The Kier molecular flexibility index (Phi) is 6.15. The zero-order chi connectivity index (χ0) is 13.5. The molecule has 0 amide bonds. The Morgan fingerprint density at radius 3 is 2.67 bits per heavy atom. The third-order valence-corrected chi connectivity index (χ3v) is 3.05. The van der Waals surface area contributed by atoms with Crippen LogP contribution in [0.4, 0.5) is 0 Å². The van der Waals surface area contributed by atoms with Gasteiger partial charge >= 0.3 is 5.97 Å². The second kappa shape index (κ2) is 7.38. The summed E-state index contributed by atoms with van der Waals surface area (Å²) in [4.78, 5) is 11.0. The molecule has 0 saturated heterocycles. The largest absolute Gasteiger partial charge is 0.490 e. The van der Waals surface area contributed by atoms with Crippen LogP contribution in [-0.4, -0.2) is 19.1 Å². The maximum atomic E-state index is 11.0. The van der Waals surface area contributed by atoms with Gasteiger partial charge in [0.25, 0.3) is 0 Å². The number of rotatable bonds is 6. The van der Waals surface area contributed by atoms with Crippen molar-refractivity contribution < 1.29 is 14.3 Å². The molecule has 2 N–H and O–H groups in total. The highest BCUT2D eigenvalue weighted by Gasteiger charge is 2.12. The number of aryl methyl sites for hydroxylation is 1. The van der Waals surface area contributed by atoms with E-state index in [4.69, 9.17) is 15.2 Å². The van der Waals surface area contributed by atoms with Crippen molar-refractivity contribution in [2.45, 2.75) is 26.7 Å². The summed E-state index contributed by atoms with van der Waals surface area (Å²) in [6.07, 6.45) is 1.76. The second-order valence-corrected chi connectivity index (χ2v) is 4.66. The number of esters is 1. The molecule has 4 nitrogen and oxygen atoms in total. The first-order valence-electron chi connectivity index (χ1n) is 5.92. The summed E-state index contributed by atoms with van der Waals surface area (Å²) in [5.74, 6) is 0.660. The van der Waals surface area contributed by atoms with Crippen molar-refractivity contribution in [3.05, 3.63) is 22.2 Å². The normalized spacial score (nSPS) is 10.2. The first-order chi connectivity index (χ1) is 8.58. The van der Waals surface area contributed by atoms with E-state index in [0.29, 0.717) is 24.7 Å². The van der Waals surface area contributed by atoms with E-state index in [2.05, 4.69) is 15.9 Å². The monoisotopic (exact) mass is 315 g/mol. The van der Waals surface area contributed by atoms with Crippen LogP contribution in [0, 0.1) is 0 Å². The van der Waals surface area contributed by atoms with Crippen LogP contribution in [0.25, 0.3) is 0 Å². The molecule has 100 valence electrons. The number of benzene rings is 1. The Bertz CT molecular complexity index is 421. The molecular formula is C13H18BrNO3. The van der Waals surface area contributed by atoms with Crippen LogP contribution >= 0.6 is 15.9 Å². The van der Waals surface area contributed by atoms with E-state index in [1.807, 2.05) is 13.0 Å². The van der Waals surface area contributed by atoms with Crippen molar-refractivity contribution >= 4 is 21.9 Å². The topological polar surface area (TPSA) is 61.6 Å². The molecule has 1 aromatic carbocycles. The molecule has 0 aliphatic carbocycles. The summed E-state index contributed by atoms with van der Waals surface area (Å²) in [5.41, 5.74) is 6.60. The molecule has 1 rings (SSSR count). The minimum Gasteiger partial charge on any atom is -0.490 e. The SMILES string of the molecule is CCOc1cc(CCCN)c(Br)cc1OC(C)=O. The van der Waals surface area contributed by atoms with E-state index in [0.717, 1.165) is 22.9 Å². The molecule has 0 saturated carbocycles. The standard InChI is InChI=1S/C13H18BrNO3/c1-3-17-12-7-10(5-4-6-15)11(14)8-13(12)18-9(2)16/h7-8H,3-6,15H2,1-2H3. The fourth-order valence-corrected chi connectivity index (χ4v) is 2.08. The molecule has 0 unspecified atom stereocenters. The minimum absolute atomic E-state index is 0.363. The van der Waals surface area contributed by atoms with Crippen molar-refractivity contribution in [2.24, 2.45) is 5.73 Å². The molecular weight excluding hydrogens is 298 g/mol. The van der Waals surface area contributed by atoms with Crippen molar-refractivity contribution in [3.8, 4) is 11.5 Å². The lowest BCUT2D eigenvalue weighted by Crippen LogP contribution is -2.06. The maximum Gasteiger partial charge on any atom is 0.308 e. The van der Waals surface area contributed by atoms with Crippen LogP contribution in [0.3, 0.4) is 0 Å². The van der Waals surface area contributed by atoms with Gasteiger partial charge in [-0.3, -0.25) is 4.79 Å². The molecule has 0 heterocycles. The molecule has 18 heavy (non-hydrogen) atoms. The van der Waals surface area contributed by atoms with Gasteiger partial charge in [0.2, 0.25) is 0 Å². The third-order valence-electron chi connectivity index (χ3n) is 2.32. The highest BCUT2D eigenvalue weighted by atomic mass is 79.9. The number of hydrogen-bond donors (Lipinski definition) is 1. The van der Waals surface area contributed by atoms with E-state index in [9.17, 15) is 4.79 Å². The highest BCUT2D eigenvalue weighted by Crippen LogP contribution is 2.34. The number of nitrogens with two attached hydrogens (primary N) is 1. The second-order valence-electron chi connectivity index (χ2n) is 3.81. The Labute approximate surface area is 116 Å². The summed E-state index contributed by atoms with van der Waals surface area (Å²) >= 11 is 3.46.